The normalized spacial score (nSPS) is 14.1. The number of rotatable bonds is 9. The number of anilines is 1. The summed E-state index contributed by atoms with van der Waals surface area (Å²) < 4.78 is 41.6. The van der Waals surface area contributed by atoms with Crippen molar-refractivity contribution in [1.82, 2.24) is 0 Å². The van der Waals surface area contributed by atoms with Gasteiger partial charge >= 0.3 is 6.18 Å². The molecule has 2 aromatic rings. The Balaban J connectivity index is 2.52. The van der Waals surface area contributed by atoms with E-state index >= 15 is 0 Å². The molecule has 0 aromatic heterocycles. The third-order valence-corrected chi connectivity index (χ3v) is 5.78. The van der Waals surface area contributed by atoms with Crippen LogP contribution >= 0.6 is 0 Å². The fraction of sp³-hybridized carbons (Fsp3) is 0.500. The minimum atomic E-state index is -4.49. The molecule has 0 aliphatic rings. The van der Waals surface area contributed by atoms with Crippen LogP contribution < -0.4 is 5.32 Å². The molecule has 32 heavy (non-hydrogen) atoms. The summed E-state index contributed by atoms with van der Waals surface area (Å²) in [5.41, 5.74) is 0.0965. The average molecular weight is 450 g/mol. The number of aliphatic hydroxyl groups excluding tert-OH is 1. The van der Waals surface area contributed by atoms with Crippen molar-refractivity contribution in [2.75, 3.05) is 5.32 Å². The quantitative estimate of drug-likeness (QED) is 0.399. The molecule has 2 aromatic carbocycles. The molecule has 0 bridgehead atoms. The van der Waals surface area contributed by atoms with E-state index < -0.39 is 29.0 Å². The zero-order chi connectivity index (χ0) is 23.9. The molecule has 6 heteroatoms. The molecule has 3 nitrogen and oxygen atoms in total. The first-order chi connectivity index (χ1) is 15.0. The molecule has 0 spiro atoms. The minimum absolute atomic E-state index is 0.162. The Morgan fingerprint density at radius 1 is 1.03 bits per heavy atom. The van der Waals surface area contributed by atoms with E-state index in [1.165, 1.54) is 12.1 Å². The maximum atomic E-state index is 13.9. The van der Waals surface area contributed by atoms with E-state index in [1.807, 2.05) is 27.7 Å². The lowest BCUT2D eigenvalue weighted by Gasteiger charge is -2.37. The van der Waals surface area contributed by atoms with Crippen LogP contribution in [-0.4, -0.2) is 11.0 Å². The first-order valence-electron chi connectivity index (χ1n) is 11.2. The van der Waals surface area contributed by atoms with E-state index in [0.717, 1.165) is 25.3 Å². The van der Waals surface area contributed by atoms with Crippen molar-refractivity contribution in [2.24, 2.45) is 11.3 Å². The molecule has 2 N–H and O–H groups in total. The minimum Gasteiger partial charge on any atom is -0.392 e. The number of halogens is 3. The van der Waals surface area contributed by atoms with Gasteiger partial charge in [-0.2, -0.15) is 13.2 Å². The SMILES string of the molecule is CCCCCC(c1ccccc1C(F)(F)F)C(C(=O)Nc1cccc(CO)c1)C(C)(C)C. The van der Waals surface area contributed by atoms with E-state index in [2.05, 4.69) is 5.32 Å². The van der Waals surface area contributed by atoms with Crippen molar-refractivity contribution in [1.29, 1.82) is 0 Å². The molecule has 0 fully saturated rings. The molecular weight excluding hydrogens is 415 g/mol. The van der Waals surface area contributed by atoms with Gasteiger partial charge in [-0.3, -0.25) is 4.79 Å². The third-order valence-electron chi connectivity index (χ3n) is 5.78. The number of hydrogen-bond acceptors (Lipinski definition) is 2. The van der Waals surface area contributed by atoms with Crippen LogP contribution in [0.15, 0.2) is 48.5 Å². The van der Waals surface area contributed by atoms with Gasteiger partial charge in [-0.15, -0.1) is 0 Å². The van der Waals surface area contributed by atoms with Crippen LogP contribution in [0.1, 0.15) is 76.0 Å². The summed E-state index contributed by atoms with van der Waals surface area (Å²) in [6, 6.07) is 12.5. The Morgan fingerprint density at radius 2 is 1.72 bits per heavy atom. The van der Waals surface area contributed by atoms with E-state index in [9.17, 15) is 23.1 Å². The number of unbranched alkanes of at least 4 members (excludes halogenated alkanes) is 2. The number of amides is 1. The van der Waals surface area contributed by atoms with Gasteiger partial charge in [-0.05, 0) is 47.1 Å². The highest BCUT2D eigenvalue weighted by molar-refractivity contribution is 5.93. The van der Waals surface area contributed by atoms with Crippen LogP contribution in [0, 0.1) is 11.3 Å². The van der Waals surface area contributed by atoms with Gasteiger partial charge in [-0.1, -0.05) is 77.3 Å². The van der Waals surface area contributed by atoms with Crippen LogP contribution in [0.25, 0.3) is 0 Å². The molecule has 2 rings (SSSR count). The van der Waals surface area contributed by atoms with Crippen LogP contribution in [0.4, 0.5) is 18.9 Å². The largest absolute Gasteiger partial charge is 0.416 e. The van der Waals surface area contributed by atoms with Crippen LogP contribution in [0.5, 0.6) is 0 Å². The lowest BCUT2D eigenvalue weighted by Crippen LogP contribution is -2.38. The van der Waals surface area contributed by atoms with Gasteiger partial charge in [0.15, 0.2) is 0 Å². The lowest BCUT2D eigenvalue weighted by atomic mass is 9.67. The number of nitrogens with one attached hydrogen (secondary N) is 1. The predicted molar refractivity (Wildman–Crippen MR) is 122 cm³/mol. The van der Waals surface area contributed by atoms with Gasteiger partial charge in [0.2, 0.25) is 5.91 Å². The molecular formula is C26H34F3NO2. The predicted octanol–water partition coefficient (Wildman–Crippen LogP) is 7.16. The fourth-order valence-electron chi connectivity index (χ4n) is 4.34. The van der Waals surface area contributed by atoms with Gasteiger partial charge in [0.05, 0.1) is 12.2 Å². The molecule has 2 atom stereocenters. The van der Waals surface area contributed by atoms with Gasteiger partial charge in [0, 0.05) is 11.6 Å². The van der Waals surface area contributed by atoms with Crippen molar-refractivity contribution in [3.63, 3.8) is 0 Å². The van der Waals surface area contributed by atoms with Gasteiger partial charge in [0.25, 0.3) is 0 Å². The highest BCUT2D eigenvalue weighted by Gasteiger charge is 2.42. The third kappa shape index (κ3) is 6.83. The molecule has 0 aliphatic heterocycles. The lowest BCUT2D eigenvalue weighted by molar-refractivity contribution is -0.139. The summed E-state index contributed by atoms with van der Waals surface area (Å²) in [4.78, 5) is 13.5. The molecule has 0 heterocycles. The maximum absolute atomic E-state index is 13.9. The Morgan fingerprint density at radius 3 is 2.31 bits per heavy atom. The smallest absolute Gasteiger partial charge is 0.392 e. The molecule has 2 unspecified atom stereocenters. The molecule has 1 amide bonds. The van der Waals surface area contributed by atoms with Crippen LogP contribution in [0.2, 0.25) is 0 Å². The standard InChI is InChI=1S/C26H34F3NO2/c1-5-6-7-14-21(20-13-8-9-15-22(20)26(27,28)29)23(25(2,3)4)24(32)30-19-12-10-11-18(16-19)17-31/h8-13,15-16,21,23,31H,5-7,14,17H2,1-4H3,(H,30,32). The number of carbonyl (C=O) groups is 1. The number of alkyl halides is 3. The van der Waals surface area contributed by atoms with Crippen LogP contribution in [-0.2, 0) is 17.6 Å². The summed E-state index contributed by atoms with van der Waals surface area (Å²) >= 11 is 0. The van der Waals surface area contributed by atoms with Crippen molar-refractivity contribution < 1.29 is 23.1 Å². The summed E-state index contributed by atoms with van der Waals surface area (Å²) in [6.07, 6.45) is -1.43. The van der Waals surface area contributed by atoms with Crippen LogP contribution in [0.3, 0.4) is 0 Å². The fourth-order valence-corrected chi connectivity index (χ4v) is 4.34. The Hall–Kier alpha value is -2.34. The molecule has 0 radical (unpaired) electrons. The zero-order valence-electron chi connectivity index (χ0n) is 19.3. The number of benzene rings is 2. The topological polar surface area (TPSA) is 49.3 Å². The monoisotopic (exact) mass is 449 g/mol. The first kappa shape index (κ1) is 25.9. The average Bonchev–Trinajstić information content (AvgIpc) is 2.71. The van der Waals surface area contributed by atoms with Gasteiger partial charge in [0.1, 0.15) is 0 Å². The number of aliphatic hydroxyl groups is 1. The summed E-state index contributed by atoms with van der Waals surface area (Å²) in [7, 11) is 0. The second-order valence-corrected chi connectivity index (χ2v) is 9.38. The maximum Gasteiger partial charge on any atom is 0.416 e. The number of hydrogen-bond donors (Lipinski definition) is 2. The second-order valence-electron chi connectivity index (χ2n) is 9.38. The van der Waals surface area contributed by atoms with Crippen molar-refractivity contribution in [3.05, 3.63) is 65.2 Å². The molecule has 0 saturated heterocycles. The number of carbonyl (C=O) groups excluding carboxylic acids is 1. The molecule has 0 aliphatic carbocycles. The van der Waals surface area contributed by atoms with E-state index in [4.69, 9.17) is 0 Å². The first-order valence-corrected chi connectivity index (χ1v) is 11.2. The zero-order valence-corrected chi connectivity index (χ0v) is 19.3. The van der Waals surface area contributed by atoms with Crippen molar-refractivity contribution in [2.45, 2.75) is 72.1 Å². The Labute approximate surface area is 189 Å². The van der Waals surface area contributed by atoms with Gasteiger partial charge in [-0.25, -0.2) is 0 Å². The highest BCUT2D eigenvalue weighted by Crippen LogP contribution is 2.45. The van der Waals surface area contributed by atoms with E-state index in [0.29, 0.717) is 17.7 Å². The Kier molecular flexibility index (Phi) is 8.90. The van der Waals surface area contributed by atoms with Crippen molar-refractivity contribution >= 4 is 11.6 Å². The van der Waals surface area contributed by atoms with Crippen molar-refractivity contribution in [3.8, 4) is 0 Å². The highest BCUT2D eigenvalue weighted by atomic mass is 19.4. The molecule has 0 saturated carbocycles. The summed E-state index contributed by atoms with van der Waals surface area (Å²) in [5, 5.41) is 12.3. The van der Waals surface area contributed by atoms with E-state index in [1.54, 1.807) is 30.3 Å². The van der Waals surface area contributed by atoms with Gasteiger partial charge < -0.3 is 10.4 Å². The molecule has 176 valence electrons. The summed E-state index contributed by atoms with van der Waals surface area (Å²) in [6.45, 7) is 7.56. The second kappa shape index (κ2) is 11.0. The Bertz CT molecular complexity index is 887. The summed E-state index contributed by atoms with van der Waals surface area (Å²) in [5.74, 6) is -1.58. The van der Waals surface area contributed by atoms with E-state index in [-0.39, 0.29) is 18.1 Å².